The Morgan fingerprint density at radius 2 is 0.627 bits per heavy atom. The Labute approximate surface area is 469 Å². The van der Waals surface area contributed by atoms with Crippen molar-refractivity contribution in [2.24, 2.45) is 0 Å². The predicted octanol–water partition coefficient (Wildman–Crippen LogP) is 22.0. The molecule has 0 bridgehead atoms. The number of aliphatic hydroxyl groups is 2. The minimum Gasteiger partial charge on any atom is -0.466 e. The van der Waals surface area contributed by atoms with E-state index < -0.39 is 12.1 Å². The minimum atomic E-state index is -0.659. The van der Waals surface area contributed by atoms with Crippen molar-refractivity contribution in [2.45, 2.75) is 405 Å². The summed E-state index contributed by atoms with van der Waals surface area (Å²) in [4.78, 5) is 24.6. The molecule has 0 saturated heterocycles. The quantitative estimate of drug-likeness (QED) is 0.0320. The number of carbonyl (C=O) groups excluding carboxylic acids is 2. The Morgan fingerprint density at radius 3 is 0.947 bits per heavy atom. The van der Waals surface area contributed by atoms with E-state index in [0.717, 1.165) is 44.9 Å². The lowest BCUT2D eigenvalue weighted by atomic mass is 10.0. The molecule has 0 aromatic rings. The molecule has 0 aliphatic rings. The van der Waals surface area contributed by atoms with Gasteiger partial charge in [-0.05, 0) is 51.4 Å². The Bertz CT molecular complexity index is 1130. The van der Waals surface area contributed by atoms with Gasteiger partial charge >= 0.3 is 5.97 Å². The number of hydrogen-bond acceptors (Lipinski definition) is 5. The van der Waals surface area contributed by atoms with Crippen molar-refractivity contribution in [3.8, 4) is 0 Å². The van der Waals surface area contributed by atoms with E-state index in [2.05, 4.69) is 31.3 Å². The third kappa shape index (κ3) is 61.7. The third-order valence-corrected chi connectivity index (χ3v) is 16.3. The van der Waals surface area contributed by atoms with Crippen LogP contribution in [0.4, 0.5) is 0 Å². The van der Waals surface area contributed by atoms with Gasteiger partial charge in [0.2, 0.25) is 5.91 Å². The second kappa shape index (κ2) is 65.1. The van der Waals surface area contributed by atoms with Crippen LogP contribution in [0.25, 0.3) is 0 Å². The van der Waals surface area contributed by atoms with Crippen LogP contribution < -0.4 is 5.32 Å². The van der Waals surface area contributed by atoms with E-state index in [4.69, 9.17) is 4.74 Å². The molecule has 6 nitrogen and oxygen atoms in total. The number of allylic oxidation sites excluding steroid dienone is 2. The van der Waals surface area contributed by atoms with Crippen molar-refractivity contribution in [2.75, 3.05) is 13.2 Å². The number of hydrogen-bond donors (Lipinski definition) is 3. The van der Waals surface area contributed by atoms with Crippen molar-refractivity contribution in [1.29, 1.82) is 0 Å². The van der Waals surface area contributed by atoms with Gasteiger partial charge in [-0.2, -0.15) is 0 Å². The summed E-state index contributed by atoms with van der Waals surface area (Å²) in [5.41, 5.74) is 0. The summed E-state index contributed by atoms with van der Waals surface area (Å²) in [6.45, 7) is 4.98. The molecule has 0 heterocycles. The second-order valence-corrected chi connectivity index (χ2v) is 23.9. The normalized spacial score (nSPS) is 12.5. The Morgan fingerprint density at radius 1 is 0.360 bits per heavy atom. The van der Waals surface area contributed by atoms with E-state index in [0.29, 0.717) is 25.9 Å². The van der Waals surface area contributed by atoms with E-state index in [1.54, 1.807) is 0 Å². The van der Waals surface area contributed by atoms with E-state index in [-0.39, 0.29) is 18.5 Å². The lowest BCUT2D eigenvalue weighted by molar-refractivity contribution is -0.143. The monoisotopic (exact) mass is 1060 g/mol. The van der Waals surface area contributed by atoms with Gasteiger partial charge in [-0.1, -0.05) is 341 Å². The highest BCUT2D eigenvalue weighted by Gasteiger charge is 2.20. The van der Waals surface area contributed by atoms with Crippen molar-refractivity contribution in [1.82, 2.24) is 5.32 Å². The first-order valence-corrected chi connectivity index (χ1v) is 34.4. The number of nitrogens with one attached hydrogen (secondary N) is 1. The van der Waals surface area contributed by atoms with Crippen LogP contribution >= 0.6 is 0 Å². The zero-order valence-corrected chi connectivity index (χ0v) is 51.1. The molecule has 2 atom stereocenters. The number of aliphatic hydroxyl groups excluding tert-OH is 2. The van der Waals surface area contributed by atoms with Crippen LogP contribution in [0.3, 0.4) is 0 Å². The van der Waals surface area contributed by atoms with Crippen molar-refractivity contribution >= 4 is 11.9 Å². The molecule has 0 spiro atoms. The van der Waals surface area contributed by atoms with Crippen molar-refractivity contribution in [3.63, 3.8) is 0 Å². The van der Waals surface area contributed by atoms with E-state index in [9.17, 15) is 19.8 Å². The zero-order valence-electron chi connectivity index (χ0n) is 51.1. The second-order valence-electron chi connectivity index (χ2n) is 23.9. The first kappa shape index (κ1) is 73.6. The van der Waals surface area contributed by atoms with Gasteiger partial charge in [-0.15, -0.1) is 0 Å². The fourth-order valence-corrected chi connectivity index (χ4v) is 11.1. The largest absolute Gasteiger partial charge is 0.466 e. The molecular weight excluding hydrogens is 923 g/mol. The molecule has 0 fully saturated rings. The molecule has 0 aliphatic carbocycles. The van der Waals surface area contributed by atoms with Gasteiger partial charge in [0.1, 0.15) is 0 Å². The Hall–Kier alpha value is -1.40. The van der Waals surface area contributed by atoms with Crippen LogP contribution in [0.15, 0.2) is 12.2 Å². The van der Waals surface area contributed by atoms with Gasteiger partial charge in [0, 0.05) is 12.8 Å². The molecule has 0 radical (unpaired) electrons. The number of ether oxygens (including phenoxy) is 1. The summed E-state index contributed by atoms with van der Waals surface area (Å²) in [5, 5.41) is 23.3. The lowest BCUT2D eigenvalue weighted by Crippen LogP contribution is -2.45. The van der Waals surface area contributed by atoms with Gasteiger partial charge in [0.05, 0.1) is 25.4 Å². The Kier molecular flexibility index (Phi) is 63.9. The number of unbranched alkanes of at least 4 members (excludes halogenated alkanes) is 52. The molecule has 75 heavy (non-hydrogen) atoms. The summed E-state index contributed by atoms with van der Waals surface area (Å²) in [6, 6.07) is -0.536. The van der Waals surface area contributed by atoms with Gasteiger partial charge in [0.15, 0.2) is 0 Å². The van der Waals surface area contributed by atoms with Gasteiger partial charge in [-0.3, -0.25) is 9.59 Å². The molecule has 0 aliphatic heterocycles. The molecule has 0 saturated carbocycles. The highest BCUT2D eigenvalue weighted by molar-refractivity contribution is 5.76. The van der Waals surface area contributed by atoms with Crippen LogP contribution in [0.2, 0.25) is 0 Å². The average Bonchev–Trinajstić information content (AvgIpc) is 3.41. The van der Waals surface area contributed by atoms with Crippen LogP contribution in [-0.4, -0.2) is 47.4 Å². The van der Waals surface area contributed by atoms with Crippen LogP contribution in [0.5, 0.6) is 0 Å². The molecule has 0 aromatic heterocycles. The van der Waals surface area contributed by atoms with Crippen molar-refractivity contribution < 1.29 is 24.5 Å². The third-order valence-electron chi connectivity index (χ3n) is 16.3. The SMILES string of the molecule is CCCCCCCCC/C=C\CCCCCCCC(=O)OCCCCCCCCCCCCCCCCCCCCCCCCCCCCCCCCC(=O)NC(CO)C(O)CCCCCCCCCCCCCC. The smallest absolute Gasteiger partial charge is 0.305 e. The first-order valence-electron chi connectivity index (χ1n) is 34.4. The maximum absolute atomic E-state index is 12.5. The van der Waals surface area contributed by atoms with Gasteiger partial charge < -0.3 is 20.3 Å². The number of rotatable bonds is 65. The summed E-state index contributed by atoms with van der Waals surface area (Å²) < 4.78 is 5.50. The number of amides is 1. The standard InChI is InChI=1S/C69H135NO5/c1-3-5-7-9-11-13-15-17-18-36-39-43-47-51-55-59-63-69(74)75-64-60-56-52-48-44-40-37-34-32-30-28-26-24-22-20-19-21-23-25-27-29-31-33-35-38-42-46-50-54-58-62-68(73)70-66(65-71)67(72)61-57-53-49-45-41-16-14-12-10-8-6-4-2/h18,36,66-67,71-72H,3-17,19-35,37-65H2,1-2H3,(H,70,73)/b36-18-. The molecule has 0 aromatic carbocycles. The fraction of sp³-hybridized carbons (Fsp3) is 0.942. The average molecular weight is 1060 g/mol. The molecule has 446 valence electrons. The molecule has 3 N–H and O–H groups in total. The fourth-order valence-electron chi connectivity index (χ4n) is 11.1. The highest BCUT2D eigenvalue weighted by Crippen LogP contribution is 2.19. The van der Waals surface area contributed by atoms with Crippen molar-refractivity contribution in [3.05, 3.63) is 12.2 Å². The lowest BCUT2D eigenvalue weighted by Gasteiger charge is -2.22. The van der Waals surface area contributed by atoms with Crippen LogP contribution in [-0.2, 0) is 14.3 Å². The summed E-state index contributed by atoms with van der Waals surface area (Å²) in [5.74, 6) is -0.0159. The highest BCUT2D eigenvalue weighted by atomic mass is 16.5. The number of esters is 1. The summed E-state index contributed by atoms with van der Waals surface area (Å²) in [6.07, 6.45) is 79.8. The first-order chi connectivity index (χ1) is 37.0. The minimum absolute atomic E-state index is 0.0135. The zero-order chi connectivity index (χ0) is 54.3. The maximum Gasteiger partial charge on any atom is 0.305 e. The molecule has 0 rings (SSSR count). The van der Waals surface area contributed by atoms with Gasteiger partial charge in [-0.25, -0.2) is 0 Å². The maximum atomic E-state index is 12.5. The van der Waals surface area contributed by atoms with E-state index in [1.165, 1.54) is 315 Å². The molecule has 2 unspecified atom stereocenters. The number of carbonyl (C=O) groups is 2. The summed E-state index contributed by atoms with van der Waals surface area (Å²) >= 11 is 0. The van der Waals surface area contributed by atoms with Crippen LogP contribution in [0.1, 0.15) is 393 Å². The topological polar surface area (TPSA) is 95.9 Å². The van der Waals surface area contributed by atoms with E-state index >= 15 is 0 Å². The molecule has 6 heteroatoms. The Balaban J connectivity index is 3.30. The summed E-state index contributed by atoms with van der Waals surface area (Å²) in [7, 11) is 0. The van der Waals surface area contributed by atoms with Gasteiger partial charge in [0.25, 0.3) is 0 Å². The van der Waals surface area contributed by atoms with E-state index in [1.807, 2.05) is 0 Å². The predicted molar refractivity (Wildman–Crippen MR) is 329 cm³/mol. The molecular formula is C69H135NO5. The molecule has 1 amide bonds. The van der Waals surface area contributed by atoms with Crippen LogP contribution in [0, 0.1) is 0 Å².